The van der Waals surface area contributed by atoms with E-state index in [9.17, 15) is 0 Å². The van der Waals surface area contributed by atoms with Gasteiger partial charge in [0.1, 0.15) is 0 Å². The van der Waals surface area contributed by atoms with Crippen molar-refractivity contribution in [1.82, 2.24) is 20.2 Å². The molecule has 1 aromatic heterocycles. The van der Waals surface area contributed by atoms with Crippen LogP contribution in [0.4, 0.5) is 5.69 Å². The molecule has 0 radical (unpaired) electrons. The number of para-hydroxylation sites is 1. The van der Waals surface area contributed by atoms with Gasteiger partial charge in [-0.15, -0.1) is 5.10 Å². The summed E-state index contributed by atoms with van der Waals surface area (Å²) >= 11 is 0. The summed E-state index contributed by atoms with van der Waals surface area (Å²) in [7, 11) is 0. The summed E-state index contributed by atoms with van der Waals surface area (Å²) < 4.78 is 7.26. The highest BCUT2D eigenvalue weighted by Gasteiger charge is 2.15. The molecule has 0 amide bonds. The maximum absolute atomic E-state index is 5.90. The van der Waals surface area contributed by atoms with Crippen LogP contribution in [-0.2, 0) is 6.54 Å². The largest absolute Gasteiger partial charge is 0.491 e. The lowest BCUT2D eigenvalue weighted by Gasteiger charge is -2.11. The zero-order valence-corrected chi connectivity index (χ0v) is 9.92. The van der Waals surface area contributed by atoms with E-state index in [0.29, 0.717) is 30.4 Å². The lowest BCUT2D eigenvalue weighted by atomic mass is 10.1. The first-order valence-electron chi connectivity index (χ1n) is 5.55. The fourth-order valence-electron chi connectivity index (χ4n) is 1.65. The second-order valence-corrected chi connectivity index (χ2v) is 3.48. The molecule has 1 heterocycles. The topological polar surface area (TPSA) is 78.8 Å². The number of hydrogen-bond acceptors (Lipinski definition) is 5. The molecule has 0 aliphatic heterocycles. The number of anilines is 1. The van der Waals surface area contributed by atoms with Gasteiger partial charge in [-0.2, -0.15) is 0 Å². The van der Waals surface area contributed by atoms with Crippen molar-refractivity contribution in [2.75, 3.05) is 12.3 Å². The molecule has 0 unspecified atom stereocenters. The van der Waals surface area contributed by atoms with Crippen LogP contribution < -0.4 is 10.5 Å². The van der Waals surface area contributed by atoms with Gasteiger partial charge in [-0.1, -0.05) is 6.07 Å². The fraction of sp³-hybridized carbons (Fsp3) is 0.364. The number of nitrogens with two attached hydrogens (primary N) is 1. The van der Waals surface area contributed by atoms with E-state index in [1.807, 2.05) is 26.0 Å². The van der Waals surface area contributed by atoms with Crippen LogP contribution in [0.25, 0.3) is 11.4 Å². The summed E-state index contributed by atoms with van der Waals surface area (Å²) in [4.78, 5) is 0. The molecular weight excluding hydrogens is 218 g/mol. The predicted octanol–water partition coefficient (Wildman–Crippen LogP) is 1.34. The number of tetrazole rings is 1. The van der Waals surface area contributed by atoms with E-state index >= 15 is 0 Å². The first kappa shape index (κ1) is 11.4. The van der Waals surface area contributed by atoms with Crippen molar-refractivity contribution in [1.29, 1.82) is 0 Å². The molecule has 2 aromatic rings. The Morgan fingerprint density at radius 2 is 2.18 bits per heavy atom. The van der Waals surface area contributed by atoms with Gasteiger partial charge >= 0.3 is 0 Å². The molecule has 6 nitrogen and oxygen atoms in total. The minimum absolute atomic E-state index is 0.551. The summed E-state index contributed by atoms with van der Waals surface area (Å²) in [5.74, 6) is 1.31. The number of aromatic nitrogens is 4. The van der Waals surface area contributed by atoms with E-state index in [1.165, 1.54) is 0 Å². The molecule has 0 saturated carbocycles. The van der Waals surface area contributed by atoms with Gasteiger partial charge in [0.25, 0.3) is 0 Å². The number of benzene rings is 1. The highest BCUT2D eigenvalue weighted by atomic mass is 16.5. The third kappa shape index (κ3) is 2.06. The van der Waals surface area contributed by atoms with Crippen LogP contribution in [0.15, 0.2) is 18.2 Å². The predicted molar refractivity (Wildman–Crippen MR) is 64.5 cm³/mol. The molecule has 17 heavy (non-hydrogen) atoms. The SMILES string of the molecule is CCOc1c(N)cccc1-c1nnnn1CC. The molecule has 0 aliphatic carbocycles. The average Bonchev–Trinajstić information content (AvgIpc) is 2.80. The van der Waals surface area contributed by atoms with Gasteiger partial charge in [0.15, 0.2) is 11.6 Å². The molecule has 6 heteroatoms. The highest BCUT2D eigenvalue weighted by Crippen LogP contribution is 2.33. The standard InChI is InChI=1S/C11H15N5O/c1-3-16-11(13-14-15-16)8-6-5-7-9(12)10(8)17-4-2/h5-7H,3-4,12H2,1-2H3. The normalized spacial score (nSPS) is 10.5. The van der Waals surface area contributed by atoms with Crippen molar-refractivity contribution < 1.29 is 4.74 Å². The summed E-state index contributed by atoms with van der Waals surface area (Å²) in [5.41, 5.74) is 7.31. The van der Waals surface area contributed by atoms with Crippen LogP contribution in [0.3, 0.4) is 0 Å². The van der Waals surface area contributed by atoms with E-state index in [2.05, 4.69) is 15.5 Å². The Labute approximate surface area is 99.4 Å². The molecule has 1 aromatic carbocycles. The Hall–Kier alpha value is -2.11. The van der Waals surface area contributed by atoms with Crippen molar-refractivity contribution in [2.45, 2.75) is 20.4 Å². The Kier molecular flexibility index (Phi) is 3.22. The first-order chi connectivity index (χ1) is 8.27. The third-order valence-corrected chi connectivity index (χ3v) is 2.41. The van der Waals surface area contributed by atoms with Crippen LogP contribution in [0.2, 0.25) is 0 Å². The summed E-state index contributed by atoms with van der Waals surface area (Å²) in [5, 5.41) is 11.6. The number of nitrogen functional groups attached to an aromatic ring is 1. The fourth-order valence-corrected chi connectivity index (χ4v) is 1.65. The number of rotatable bonds is 4. The number of ether oxygens (including phenoxy) is 1. The van der Waals surface area contributed by atoms with Crippen molar-refractivity contribution in [3.63, 3.8) is 0 Å². The van der Waals surface area contributed by atoms with Gasteiger partial charge in [0.05, 0.1) is 17.9 Å². The molecule has 0 aliphatic rings. The van der Waals surface area contributed by atoms with E-state index in [0.717, 1.165) is 5.56 Å². The van der Waals surface area contributed by atoms with E-state index in [1.54, 1.807) is 10.7 Å². The van der Waals surface area contributed by atoms with Gasteiger partial charge in [0.2, 0.25) is 0 Å². The summed E-state index contributed by atoms with van der Waals surface area (Å²) in [6, 6.07) is 5.57. The lowest BCUT2D eigenvalue weighted by Crippen LogP contribution is -2.04. The zero-order chi connectivity index (χ0) is 12.3. The lowest BCUT2D eigenvalue weighted by molar-refractivity contribution is 0.343. The molecule has 0 saturated heterocycles. The number of hydrogen-bond donors (Lipinski definition) is 1. The summed E-state index contributed by atoms with van der Waals surface area (Å²) in [6.45, 7) is 5.14. The molecule has 2 rings (SSSR count). The Morgan fingerprint density at radius 3 is 2.88 bits per heavy atom. The van der Waals surface area contributed by atoms with Gasteiger partial charge in [-0.3, -0.25) is 0 Å². The molecule has 0 bridgehead atoms. The second kappa shape index (κ2) is 4.82. The van der Waals surface area contributed by atoms with Gasteiger partial charge in [0, 0.05) is 6.54 Å². The zero-order valence-electron chi connectivity index (χ0n) is 9.92. The third-order valence-electron chi connectivity index (χ3n) is 2.41. The van der Waals surface area contributed by atoms with Crippen molar-refractivity contribution in [3.05, 3.63) is 18.2 Å². The molecule has 0 fully saturated rings. The van der Waals surface area contributed by atoms with Crippen LogP contribution in [-0.4, -0.2) is 26.8 Å². The minimum atomic E-state index is 0.551. The Bertz CT molecular complexity index is 508. The van der Waals surface area contributed by atoms with Crippen molar-refractivity contribution in [3.8, 4) is 17.1 Å². The second-order valence-electron chi connectivity index (χ2n) is 3.48. The average molecular weight is 233 g/mol. The number of aryl methyl sites for hydroxylation is 1. The van der Waals surface area contributed by atoms with Crippen LogP contribution >= 0.6 is 0 Å². The number of nitrogens with zero attached hydrogens (tertiary/aromatic N) is 4. The minimum Gasteiger partial charge on any atom is -0.491 e. The monoisotopic (exact) mass is 233 g/mol. The summed E-state index contributed by atoms with van der Waals surface area (Å²) in [6.07, 6.45) is 0. The Balaban J connectivity index is 2.55. The van der Waals surface area contributed by atoms with Gasteiger partial charge in [-0.25, -0.2) is 4.68 Å². The van der Waals surface area contributed by atoms with E-state index in [4.69, 9.17) is 10.5 Å². The van der Waals surface area contributed by atoms with Crippen LogP contribution in [0.1, 0.15) is 13.8 Å². The maximum atomic E-state index is 5.90. The Morgan fingerprint density at radius 1 is 1.35 bits per heavy atom. The smallest absolute Gasteiger partial charge is 0.185 e. The quantitative estimate of drug-likeness (QED) is 0.806. The van der Waals surface area contributed by atoms with E-state index in [-0.39, 0.29) is 0 Å². The van der Waals surface area contributed by atoms with Crippen LogP contribution in [0, 0.1) is 0 Å². The van der Waals surface area contributed by atoms with E-state index < -0.39 is 0 Å². The highest BCUT2D eigenvalue weighted by molar-refractivity contribution is 5.73. The molecule has 90 valence electrons. The van der Waals surface area contributed by atoms with Gasteiger partial charge < -0.3 is 10.5 Å². The van der Waals surface area contributed by atoms with Gasteiger partial charge in [-0.05, 0) is 36.4 Å². The molecule has 2 N–H and O–H groups in total. The molecule has 0 spiro atoms. The first-order valence-corrected chi connectivity index (χ1v) is 5.55. The molecular formula is C11H15N5O. The van der Waals surface area contributed by atoms with Crippen molar-refractivity contribution in [2.24, 2.45) is 0 Å². The maximum Gasteiger partial charge on any atom is 0.185 e. The van der Waals surface area contributed by atoms with Crippen LogP contribution in [0.5, 0.6) is 5.75 Å². The van der Waals surface area contributed by atoms with Crippen molar-refractivity contribution >= 4 is 5.69 Å². The molecule has 0 atom stereocenters.